The van der Waals surface area contributed by atoms with Crippen LogP contribution in [0.2, 0.25) is 5.02 Å². The molecule has 1 aromatic rings. The third-order valence-electron chi connectivity index (χ3n) is 1.63. The van der Waals surface area contributed by atoms with E-state index >= 15 is 0 Å². The lowest BCUT2D eigenvalue weighted by molar-refractivity contribution is -0.136. The van der Waals surface area contributed by atoms with Crippen LogP contribution in [0.1, 0.15) is 11.1 Å². The van der Waals surface area contributed by atoms with Gasteiger partial charge < -0.3 is 5.11 Å². The van der Waals surface area contributed by atoms with E-state index in [0.717, 1.165) is 0 Å². The van der Waals surface area contributed by atoms with E-state index in [2.05, 4.69) is 0 Å². The zero-order valence-corrected chi connectivity index (χ0v) is 7.68. The minimum atomic E-state index is -1.19. The fraction of sp³-hybridized carbons (Fsp3) is 0.111. The third kappa shape index (κ3) is 2.01. The van der Waals surface area contributed by atoms with Gasteiger partial charge in [0.15, 0.2) is 0 Å². The van der Waals surface area contributed by atoms with Crippen LogP contribution in [0.4, 0.5) is 4.39 Å². The minimum absolute atomic E-state index is 0.0175. The first-order valence-corrected chi connectivity index (χ1v) is 4.03. The van der Waals surface area contributed by atoms with Crippen LogP contribution >= 0.6 is 11.6 Å². The predicted molar refractivity (Wildman–Crippen MR) is 47.5 cm³/mol. The second-order valence-corrected chi connectivity index (χ2v) is 2.98. The number of carbonyl (C=O) groups is 1. The lowest BCUT2D eigenvalue weighted by atomic mass is 10.1. The van der Waals surface area contributed by atoms with Crippen LogP contribution in [-0.2, 0) is 11.2 Å². The highest BCUT2D eigenvalue weighted by atomic mass is 35.5. The molecule has 72 valence electrons. The number of nitrogens with zero attached hydrogens (tertiary/aromatic N) is 1. The smallest absolute Gasteiger partial charge is 0.307 e. The van der Waals surface area contributed by atoms with E-state index < -0.39 is 18.2 Å². The first-order chi connectivity index (χ1) is 6.56. The van der Waals surface area contributed by atoms with E-state index in [-0.39, 0.29) is 16.1 Å². The molecule has 14 heavy (non-hydrogen) atoms. The number of carboxylic acids is 1. The van der Waals surface area contributed by atoms with Crippen LogP contribution < -0.4 is 0 Å². The van der Waals surface area contributed by atoms with Crippen molar-refractivity contribution in [3.8, 4) is 6.07 Å². The van der Waals surface area contributed by atoms with Crippen molar-refractivity contribution in [2.24, 2.45) is 0 Å². The molecule has 1 rings (SSSR count). The summed E-state index contributed by atoms with van der Waals surface area (Å²) < 4.78 is 13.3. The highest BCUT2D eigenvalue weighted by molar-refractivity contribution is 6.31. The Kier molecular flexibility index (Phi) is 3.05. The molecule has 1 N–H and O–H groups in total. The number of halogens is 2. The SMILES string of the molecule is N#Cc1ccc(Cl)c(CC(=O)O)c1F. The standard InChI is InChI=1S/C9H5ClFNO2/c10-7-2-1-5(4-12)9(11)6(7)3-8(13)14/h1-2H,3H2,(H,13,14). The van der Waals surface area contributed by atoms with Crippen LogP contribution in [0.25, 0.3) is 0 Å². The van der Waals surface area contributed by atoms with Crippen molar-refractivity contribution < 1.29 is 14.3 Å². The van der Waals surface area contributed by atoms with Gasteiger partial charge in [0, 0.05) is 10.6 Å². The first-order valence-electron chi connectivity index (χ1n) is 3.65. The van der Waals surface area contributed by atoms with Gasteiger partial charge in [0.1, 0.15) is 11.9 Å². The predicted octanol–water partition coefficient (Wildman–Crippen LogP) is 1.98. The van der Waals surface area contributed by atoms with Crippen molar-refractivity contribution in [3.63, 3.8) is 0 Å². The molecule has 0 amide bonds. The van der Waals surface area contributed by atoms with Crippen LogP contribution in [0.5, 0.6) is 0 Å². The molecule has 0 heterocycles. The maximum absolute atomic E-state index is 13.3. The van der Waals surface area contributed by atoms with Crippen molar-refractivity contribution in [1.29, 1.82) is 5.26 Å². The molecule has 3 nitrogen and oxygen atoms in total. The summed E-state index contributed by atoms with van der Waals surface area (Å²) in [7, 11) is 0. The molecule has 5 heteroatoms. The van der Waals surface area contributed by atoms with Gasteiger partial charge in [-0.1, -0.05) is 11.6 Å². The highest BCUT2D eigenvalue weighted by Crippen LogP contribution is 2.22. The summed E-state index contributed by atoms with van der Waals surface area (Å²) in [4.78, 5) is 10.4. The maximum atomic E-state index is 13.3. The molecule has 0 aliphatic heterocycles. The van der Waals surface area contributed by atoms with Gasteiger partial charge in [-0.15, -0.1) is 0 Å². The van der Waals surface area contributed by atoms with E-state index in [0.29, 0.717) is 0 Å². The molecular weight excluding hydrogens is 209 g/mol. The molecule has 0 aromatic heterocycles. The molecule has 0 radical (unpaired) electrons. The van der Waals surface area contributed by atoms with E-state index in [1.807, 2.05) is 0 Å². The monoisotopic (exact) mass is 213 g/mol. The van der Waals surface area contributed by atoms with Gasteiger partial charge in [0.25, 0.3) is 0 Å². The summed E-state index contributed by atoms with van der Waals surface area (Å²) in [6, 6.07) is 4.13. The van der Waals surface area contributed by atoms with Crippen molar-refractivity contribution in [2.75, 3.05) is 0 Å². The van der Waals surface area contributed by atoms with Gasteiger partial charge in [0.05, 0.1) is 12.0 Å². The first kappa shape index (κ1) is 10.5. The van der Waals surface area contributed by atoms with Gasteiger partial charge >= 0.3 is 5.97 Å². The van der Waals surface area contributed by atoms with Crippen molar-refractivity contribution in [1.82, 2.24) is 0 Å². The van der Waals surface area contributed by atoms with Crippen molar-refractivity contribution in [3.05, 3.63) is 34.1 Å². The molecule has 0 saturated carbocycles. The molecule has 0 saturated heterocycles. The lowest BCUT2D eigenvalue weighted by Crippen LogP contribution is -2.04. The Balaban J connectivity index is 3.27. The number of hydrogen-bond acceptors (Lipinski definition) is 2. The maximum Gasteiger partial charge on any atom is 0.307 e. The Hall–Kier alpha value is -1.60. The van der Waals surface area contributed by atoms with E-state index in [4.69, 9.17) is 22.0 Å². The average Bonchev–Trinajstić information content (AvgIpc) is 2.12. The Labute approximate surface area is 84.3 Å². The number of benzene rings is 1. The van der Waals surface area contributed by atoms with Gasteiger partial charge in [0.2, 0.25) is 0 Å². The molecule has 0 atom stereocenters. The van der Waals surface area contributed by atoms with E-state index in [1.54, 1.807) is 6.07 Å². The van der Waals surface area contributed by atoms with Gasteiger partial charge in [-0.25, -0.2) is 4.39 Å². The summed E-state index contributed by atoms with van der Waals surface area (Å²) in [5, 5.41) is 17.0. The van der Waals surface area contributed by atoms with Crippen LogP contribution in [0, 0.1) is 17.1 Å². The number of aliphatic carboxylic acids is 1. The van der Waals surface area contributed by atoms with Crippen molar-refractivity contribution in [2.45, 2.75) is 6.42 Å². The number of rotatable bonds is 2. The molecule has 0 spiro atoms. The number of hydrogen-bond donors (Lipinski definition) is 1. The van der Waals surface area contributed by atoms with Crippen molar-refractivity contribution >= 4 is 17.6 Å². The molecule has 0 unspecified atom stereocenters. The van der Waals surface area contributed by atoms with Crippen LogP contribution in [0.15, 0.2) is 12.1 Å². The molecular formula is C9H5ClFNO2. The molecule has 0 aliphatic carbocycles. The third-order valence-corrected chi connectivity index (χ3v) is 1.99. The van der Waals surface area contributed by atoms with Gasteiger partial charge in [-0.05, 0) is 12.1 Å². The largest absolute Gasteiger partial charge is 0.481 e. The Bertz CT molecular complexity index is 426. The van der Waals surface area contributed by atoms with Gasteiger partial charge in [-0.3, -0.25) is 4.79 Å². The topological polar surface area (TPSA) is 61.1 Å². The second kappa shape index (κ2) is 4.07. The molecule has 1 aromatic carbocycles. The molecule has 0 bridgehead atoms. The highest BCUT2D eigenvalue weighted by Gasteiger charge is 2.14. The summed E-state index contributed by atoms with van der Waals surface area (Å²) in [6.07, 6.45) is -0.528. The lowest BCUT2D eigenvalue weighted by Gasteiger charge is -2.03. The van der Waals surface area contributed by atoms with E-state index in [1.165, 1.54) is 12.1 Å². The normalized spacial score (nSPS) is 9.50. The zero-order valence-electron chi connectivity index (χ0n) is 6.92. The Morgan fingerprint density at radius 2 is 2.29 bits per heavy atom. The van der Waals surface area contributed by atoms with Gasteiger partial charge in [-0.2, -0.15) is 5.26 Å². The zero-order chi connectivity index (χ0) is 10.7. The Morgan fingerprint density at radius 1 is 1.64 bits per heavy atom. The van der Waals surface area contributed by atoms with E-state index in [9.17, 15) is 9.18 Å². The summed E-state index contributed by atoms with van der Waals surface area (Å²) >= 11 is 5.59. The number of carboxylic acid groups (broad SMARTS) is 1. The summed E-state index contributed by atoms with van der Waals surface area (Å²) in [6.45, 7) is 0. The van der Waals surface area contributed by atoms with Crippen LogP contribution in [0.3, 0.4) is 0 Å². The minimum Gasteiger partial charge on any atom is -0.481 e. The second-order valence-electron chi connectivity index (χ2n) is 2.57. The average molecular weight is 214 g/mol. The quantitative estimate of drug-likeness (QED) is 0.817. The fourth-order valence-corrected chi connectivity index (χ4v) is 1.21. The number of nitriles is 1. The molecule has 0 fully saturated rings. The molecule has 0 aliphatic rings. The fourth-order valence-electron chi connectivity index (χ4n) is 0.997. The summed E-state index contributed by atoms with van der Waals surface area (Å²) in [5.74, 6) is -2.05. The Morgan fingerprint density at radius 3 is 2.79 bits per heavy atom. The van der Waals surface area contributed by atoms with Crippen LogP contribution in [-0.4, -0.2) is 11.1 Å². The summed E-state index contributed by atoms with van der Waals surface area (Å²) in [5.41, 5.74) is -0.358.